The third-order valence-electron chi connectivity index (χ3n) is 13.1. The molecular formula is C54H57N13O2. The van der Waals surface area contributed by atoms with E-state index in [9.17, 15) is 10.1 Å². The van der Waals surface area contributed by atoms with Gasteiger partial charge in [-0.1, -0.05) is 24.8 Å². The number of nitro benzene ring substituents is 1. The Morgan fingerprint density at radius 2 is 1.36 bits per heavy atom. The number of nitrogens with zero attached hydrogens (tertiary/aromatic N) is 10. The van der Waals surface area contributed by atoms with Crippen LogP contribution in [0.4, 0.5) is 34.3 Å². The van der Waals surface area contributed by atoms with Crippen LogP contribution in [0, 0.1) is 16.7 Å². The molecule has 4 aromatic heterocycles. The SMILES string of the molecule is CC(C)N1CCN(c2ccc3[nH]c(-c4ccc5c(c4)CC(c4ccccn4)=N5)cc3c2)CC1.CC(C)N1CCN(c2ccc3nc(-c4ccc(N)c([N+](=O)[O-])c4)[nH]c3c2)CC1.[C-]#[N+]c1ccccn1. The van der Waals surface area contributed by atoms with Crippen molar-refractivity contribution >= 4 is 61.9 Å². The van der Waals surface area contributed by atoms with Gasteiger partial charge in [-0.2, -0.15) is 0 Å². The van der Waals surface area contributed by atoms with E-state index in [0.29, 0.717) is 29.3 Å². The normalized spacial score (nSPS) is 15.1. The average Bonchev–Trinajstić information content (AvgIpc) is 4.14. The largest absolute Gasteiger partial charge is 0.393 e. The maximum absolute atomic E-state index is 11.1. The van der Waals surface area contributed by atoms with Crippen LogP contribution in [0.3, 0.4) is 0 Å². The lowest BCUT2D eigenvalue weighted by Crippen LogP contribution is -2.48. The predicted octanol–water partition coefficient (Wildman–Crippen LogP) is 10.3. The smallest absolute Gasteiger partial charge is 0.292 e. The highest BCUT2D eigenvalue weighted by atomic mass is 16.6. The third-order valence-corrected chi connectivity index (χ3v) is 13.1. The molecule has 15 nitrogen and oxygen atoms in total. The Morgan fingerprint density at radius 3 is 1.99 bits per heavy atom. The van der Waals surface area contributed by atoms with Crippen molar-refractivity contribution in [2.45, 2.75) is 46.2 Å². The zero-order valence-corrected chi connectivity index (χ0v) is 39.5. The van der Waals surface area contributed by atoms with Crippen LogP contribution in [-0.2, 0) is 6.42 Å². The first-order chi connectivity index (χ1) is 33.5. The van der Waals surface area contributed by atoms with Gasteiger partial charge in [0.15, 0.2) is 0 Å². The zero-order chi connectivity index (χ0) is 48.0. The maximum Gasteiger partial charge on any atom is 0.292 e. The van der Waals surface area contributed by atoms with Crippen LogP contribution in [0.2, 0.25) is 0 Å². The second kappa shape index (κ2) is 20.5. The van der Waals surface area contributed by atoms with Gasteiger partial charge in [-0.15, -0.1) is 4.98 Å². The predicted molar refractivity (Wildman–Crippen MR) is 279 cm³/mol. The molecule has 0 saturated carbocycles. The van der Waals surface area contributed by atoms with Gasteiger partial charge in [-0.25, -0.2) is 4.98 Å². The molecule has 2 saturated heterocycles. The van der Waals surface area contributed by atoms with Crippen LogP contribution < -0.4 is 15.5 Å². The first-order valence-electron chi connectivity index (χ1n) is 23.5. The van der Waals surface area contributed by atoms with Crippen molar-refractivity contribution in [2.24, 2.45) is 4.99 Å². The molecular weight excluding hydrogens is 863 g/mol. The second-order valence-corrected chi connectivity index (χ2v) is 18.1. The van der Waals surface area contributed by atoms with E-state index in [0.717, 1.165) is 98.3 Å². The number of aromatic amines is 2. The highest BCUT2D eigenvalue weighted by Crippen LogP contribution is 2.35. The minimum Gasteiger partial charge on any atom is -0.393 e. The number of anilines is 3. The van der Waals surface area contributed by atoms with Crippen LogP contribution in [-0.4, -0.2) is 110 Å². The van der Waals surface area contributed by atoms with Crippen molar-refractivity contribution in [2.75, 3.05) is 67.9 Å². The van der Waals surface area contributed by atoms with E-state index >= 15 is 0 Å². The van der Waals surface area contributed by atoms with Crippen molar-refractivity contribution < 1.29 is 4.92 Å². The number of hydrogen-bond acceptors (Lipinski definition) is 11. The molecule has 0 radical (unpaired) electrons. The van der Waals surface area contributed by atoms with Crippen LogP contribution in [0.5, 0.6) is 0 Å². The van der Waals surface area contributed by atoms with Crippen molar-refractivity contribution in [3.63, 3.8) is 0 Å². The number of nitro groups is 1. The van der Waals surface area contributed by atoms with Crippen molar-refractivity contribution in [1.82, 2.24) is 34.7 Å². The number of H-pyrrole nitrogens is 2. The molecule has 2 fully saturated rings. The number of nitrogens with two attached hydrogens (primary N) is 1. The summed E-state index contributed by atoms with van der Waals surface area (Å²) in [5.74, 6) is 1.05. The van der Waals surface area contributed by atoms with Gasteiger partial charge >= 0.3 is 0 Å². The molecule has 3 aliphatic heterocycles. The molecule has 4 aromatic carbocycles. The molecule has 0 aliphatic carbocycles. The molecule has 7 heterocycles. The molecule has 11 rings (SSSR count). The lowest BCUT2D eigenvalue weighted by atomic mass is 10.0. The van der Waals surface area contributed by atoms with E-state index in [1.165, 1.54) is 33.8 Å². The monoisotopic (exact) mass is 919 g/mol. The highest BCUT2D eigenvalue weighted by molar-refractivity contribution is 6.05. The van der Waals surface area contributed by atoms with Crippen molar-refractivity contribution in [3.05, 3.63) is 160 Å². The number of aromatic nitrogens is 5. The van der Waals surface area contributed by atoms with Gasteiger partial charge < -0.3 is 30.3 Å². The van der Waals surface area contributed by atoms with E-state index < -0.39 is 4.92 Å². The minimum atomic E-state index is -0.476. The third kappa shape index (κ3) is 10.6. The quantitative estimate of drug-likeness (QED) is 0.0577. The fourth-order valence-electron chi connectivity index (χ4n) is 9.12. The molecule has 0 bridgehead atoms. The number of fused-ring (bicyclic) bond motifs is 3. The van der Waals surface area contributed by atoms with Gasteiger partial charge in [-0.05, 0) is 130 Å². The summed E-state index contributed by atoms with van der Waals surface area (Å²) in [4.78, 5) is 48.2. The molecule has 15 heteroatoms. The average molecular weight is 920 g/mol. The summed E-state index contributed by atoms with van der Waals surface area (Å²) in [5, 5.41) is 12.4. The minimum absolute atomic E-state index is 0.110. The van der Waals surface area contributed by atoms with Gasteiger partial charge in [0, 0.05) is 117 Å². The Bertz CT molecular complexity index is 3140. The van der Waals surface area contributed by atoms with Gasteiger partial charge in [0.1, 0.15) is 17.7 Å². The lowest BCUT2D eigenvalue weighted by molar-refractivity contribution is -0.383. The number of imidazole rings is 1. The second-order valence-electron chi connectivity index (χ2n) is 18.1. The van der Waals surface area contributed by atoms with Gasteiger partial charge in [-0.3, -0.25) is 29.9 Å². The molecule has 8 aromatic rings. The maximum atomic E-state index is 11.1. The van der Waals surface area contributed by atoms with Crippen LogP contribution in [0.15, 0.2) is 133 Å². The molecule has 69 heavy (non-hydrogen) atoms. The fourth-order valence-corrected chi connectivity index (χ4v) is 9.12. The molecule has 0 unspecified atom stereocenters. The number of pyridine rings is 2. The summed E-state index contributed by atoms with van der Waals surface area (Å²) >= 11 is 0. The first-order valence-corrected chi connectivity index (χ1v) is 23.5. The van der Waals surface area contributed by atoms with E-state index in [-0.39, 0.29) is 11.4 Å². The van der Waals surface area contributed by atoms with E-state index in [2.05, 4.69) is 132 Å². The number of rotatable bonds is 8. The molecule has 0 atom stereocenters. The van der Waals surface area contributed by atoms with Crippen LogP contribution in [0.1, 0.15) is 39.0 Å². The molecule has 0 spiro atoms. The van der Waals surface area contributed by atoms with Crippen LogP contribution >= 0.6 is 0 Å². The Labute approximate surface area is 402 Å². The Kier molecular flexibility index (Phi) is 13.7. The molecule has 4 N–H and O–H groups in total. The number of benzene rings is 4. The Morgan fingerprint density at radius 1 is 0.696 bits per heavy atom. The lowest BCUT2D eigenvalue weighted by Gasteiger charge is -2.38. The summed E-state index contributed by atoms with van der Waals surface area (Å²) in [5.41, 5.74) is 18.5. The van der Waals surface area contributed by atoms with Gasteiger partial charge in [0.25, 0.3) is 11.5 Å². The van der Waals surface area contributed by atoms with Crippen LogP contribution in [0.25, 0.3) is 49.4 Å². The summed E-state index contributed by atoms with van der Waals surface area (Å²) in [7, 11) is 0. The Balaban J connectivity index is 0.000000150. The topological polar surface area (TPSA) is 169 Å². The number of piperazine rings is 2. The number of hydrogen-bond donors (Lipinski definition) is 3. The van der Waals surface area contributed by atoms with E-state index in [1.807, 2.05) is 30.5 Å². The van der Waals surface area contributed by atoms with E-state index in [1.54, 1.807) is 36.5 Å². The zero-order valence-electron chi connectivity index (χ0n) is 39.5. The van der Waals surface area contributed by atoms with Crippen molar-refractivity contribution in [1.29, 1.82) is 0 Å². The van der Waals surface area contributed by atoms with Gasteiger partial charge in [0.05, 0.1) is 33.0 Å². The Hall–Kier alpha value is -7.93. The number of aliphatic imine (C=N–C) groups is 1. The molecule has 3 aliphatic rings. The standard InChI is InChI=1S/C28H29N5.C20H24N6O2.C6H4N2/c1-19(2)32-11-13-33(14-12-32)23-7-9-25-22(16-23)17-27(30-25)20-6-8-24-21(15-20)18-28(31-24)26-5-3-4-10-29-26;1-13(2)24-7-9-25(10-8-24)15-4-6-17-18(12-15)23-20(22-17)14-3-5-16(21)19(11-14)26(27)28;1-7-6-4-2-3-5-8-6/h3-10,15-17,19,30H,11-14,18H2,1-2H3;3-6,11-13H,7-10,21H2,1-2H3,(H,22,23);2-5H. The number of nitrogen functional groups attached to an aromatic ring is 1. The summed E-state index contributed by atoms with van der Waals surface area (Å²) < 4.78 is 0. The summed E-state index contributed by atoms with van der Waals surface area (Å²) in [6.07, 6.45) is 4.26. The summed E-state index contributed by atoms with van der Waals surface area (Å²) in [6.45, 7) is 24.1. The van der Waals surface area contributed by atoms with Crippen molar-refractivity contribution in [3.8, 4) is 22.6 Å². The molecule has 350 valence electrons. The highest BCUT2D eigenvalue weighted by Gasteiger charge is 2.23. The van der Waals surface area contributed by atoms with E-state index in [4.69, 9.17) is 17.3 Å². The number of nitrogens with one attached hydrogen (secondary N) is 2. The molecule has 0 amide bonds. The van der Waals surface area contributed by atoms with Gasteiger partial charge in [0.2, 0.25) is 0 Å². The fraction of sp³-hybridized carbons (Fsp3) is 0.278. The first kappa shape index (κ1) is 46.2. The summed E-state index contributed by atoms with van der Waals surface area (Å²) in [6, 6.07) is 39.0.